The first-order chi connectivity index (χ1) is 17.8. The smallest absolute Gasteiger partial charge is 0.422 e. The van der Waals surface area contributed by atoms with E-state index in [1.807, 2.05) is 0 Å². The van der Waals surface area contributed by atoms with E-state index in [0.29, 0.717) is 0 Å². The lowest BCUT2D eigenvalue weighted by Crippen LogP contribution is -2.47. The summed E-state index contributed by atoms with van der Waals surface area (Å²) in [5.41, 5.74) is -4.48. The number of pyridine rings is 1. The van der Waals surface area contributed by atoms with E-state index >= 15 is 0 Å². The van der Waals surface area contributed by atoms with Gasteiger partial charge in [0.05, 0.1) is 6.61 Å². The van der Waals surface area contributed by atoms with Gasteiger partial charge in [0.15, 0.2) is 23.8 Å². The first kappa shape index (κ1) is 29.0. The van der Waals surface area contributed by atoms with E-state index in [4.69, 9.17) is 25.8 Å². The van der Waals surface area contributed by atoms with Gasteiger partial charge in [0, 0.05) is 41.9 Å². The predicted molar refractivity (Wildman–Crippen MR) is 130 cm³/mol. The highest BCUT2D eigenvalue weighted by Gasteiger charge is 2.59. The summed E-state index contributed by atoms with van der Waals surface area (Å²) in [6, 6.07) is 9.21. The van der Waals surface area contributed by atoms with Crippen LogP contribution in [0.3, 0.4) is 0 Å². The van der Waals surface area contributed by atoms with E-state index in [9.17, 15) is 32.3 Å². The van der Waals surface area contributed by atoms with Crippen LogP contribution in [0.5, 0.6) is 17.2 Å². The molecule has 7 nitrogen and oxygen atoms in total. The molecule has 0 bridgehead atoms. The van der Waals surface area contributed by atoms with Gasteiger partial charge in [0.2, 0.25) is 5.56 Å². The zero-order valence-electron chi connectivity index (χ0n) is 20.5. The van der Waals surface area contributed by atoms with Crippen molar-refractivity contribution in [3.63, 3.8) is 0 Å². The highest BCUT2D eigenvalue weighted by Crippen LogP contribution is 2.50. The van der Waals surface area contributed by atoms with E-state index in [1.54, 1.807) is 6.92 Å². The van der Waals surface area contributed by atoms with Crippen LogP contribution in [0.4, 0.5) is 17.6 Å². The van der Waals surface area contributed by atoms with Crippen LogP contribution >= 0.6 is 11.6 Å². The maximum Gasteiger partial charge on any atom is 0.422 e. The molecular formula is C26H24ClF4NO6. The molecule has 0 saturated carbocycles. The minimum atomic E-state index is -5.11. The Bertz CT molecular complexity index is 1380. The number of aliphatic hydroxyl groups is 1. The lowest BCUT2D eigenvalue weighted by atomic mass is 9.78. The minimum absolute atomic E-state index is 0.0368. The molecule has 0 aliphatic heterocycles. The van der Waals surface area contributed by atoms with Gasteiger partial charge in [-0.3, -0.25) is 4.79 Å². The molecule has 38 heavy (non-hydrogen) atoms. The predicted octanol–water partition coefficient (Wildman–Crippen LogP) is 5.47. The van der Waals surface area contributed by atoms with Gasteiger partial charge in [-0.1, -0.05) is 24.6 Å². The average molecular weight is 558 g/mol. The zero-order valence-corrected chi connectivity index (χ0v) is 21.3. The second-order valence-corrected chi connectivity index (χ2v) is 8.73. The molecule has 0 saturated heterocycles. The van der Waals surface area contributed by atoms with Gasteiger partial charge in [-0.25, -0.2) is 9.18 Å². The van der Waals surface area contributed by atoms with Crippen LogP contribution in [0, 0.1) is 5.82 Å². The summed E-state index contributed by atoms with van der Waals surface area (Å²) in [6.07, 6.45) is -4.19. The molecular weight excluding hydrogens is 534 g/mol. The van der Waals surface area contributed by atoms with Crippen molar-refractivity contribution < 1.29 is 41.7 Å². The molecule has 1 aromatic heterocycles. The van der Waals surface area contributed by atoms with Gasteiger partial charge < -0.3 is 23.9 Å². The molecule has 12 heteroatoms. The number of halogens is 5. The molecule has 0 unspecified atom stereocenters. The van der Waals surface area contributed by atoms with Crippen LogP contribution in [0.25, 0.3) is 0 Å². The fraction of sp³-hybridized carbons (Fsp3) is 0.308. The summed E-state index contributed by atoms with van der Waals surface area (Å²) < 4.78 is 73.1. The van der Waals surface area contributed by atoms with Gasteiger partial charge in [-0.15, -0.1) is 0 Å². The Labute approximate surface area is 220 Å². The highest BCUT2D eigenvalue weighted by atomic mass is 35.5. The van der Waals surface area contributed by atoms with Crippen molar-refractivity contribution in [2.24, 2.45) is 7.05 Å². The van der Waals surface area contributed by atoms with Crippen molar-refractivity contribution in [2.45, 2.75) is 31.5 Å². The average Bonchev–Trinajstić information content (AvgIpc) is 2.84. The number of rotatable bonds is 9. The monoisotopic (exact) mass is 557 g/mol. The molecule has 3 rings (SSSR count). The third-order valence-electron chi connectivity index (χ3n) is 5.81. The summed E-state index contributed by atoms with van der Waals surface area (Å²) in [5.74, 6) is -3.11. The summed E-state index contributed by atoms with van der Waals surface area (Å²) in [5, 5.41) is 10.8. The Morgan fingerprint density at radius 2 is 1.76 bits per heavy atom. The highest BCUT2D eigenvalue weighted by molar-refractivity contribution is 6.31. The summed E-state index contributed by atoms with van der Waals surface area (Å²) >= 11 is 6.31. The van der Waals surface area contributed by atoms with Crippen LogP contribution in [0.2, 0.25) is 5.02 Å². The number of hydrogen-bond donors (Lipinski definition) is 1. The number of esters is 1. The molecule has 2 atom stereocenters. The van der Waals surface area contributed by atoms with Crippen molar-refractivity contribution in [2.75, 3.05) is 13.2 Å². The van der Waals surface area contributed by atoms with Crippen molar-refractivity contribution in [1.29, 1.82) is 0 Å². The fourth-order valence-electron chi connectivity index (χ4n) is 3.76. The Morgan fingerprint density at radius 1 is 1.11 bits per heavy atom. The van der Waals surface area contributed by atoms with E-state index in [0.717, 1.165) is 35.9 Å². The molecule has 1 heterocycles. The van der Waals surface area contributed by atoms with Crippen LogP contribution in [-0.4, -0.2) is 35.0 Å². The van der Waals surface area contributed by atoms with Gasteiger partial charge in [0.25, 0.3) is 0 Å². The molecule has 0 aliphatic carbocycles. The second-order valence-electron chi connectivity index (χ2n) is 8.32. The Hall–Kier alpha value is -3.57. The SMILES string of the molecule is CCOC(=O)COc1cc(Oc2ccc([C@@H](C)[C@@](O)(c3ccc(=O)n(C)c3)C(F)(F)F)c(Cl)c2)ccc1F. The standard InChI is InChI=1S/C26H24ClF4NO6/c1-4-36-24(34)14-37-22-12-18(7-9-21(22)28)38-17-6-8-19(20(27)11-17)15(2)25(35,26(29,30)31)16-5-10-23(33)32(3)13-16/h5-13,15,35H,4,14H2,1-3H3/t15-,25-/m1/s1. The van der Waals surface area contributed by atoms with Crippen LogP contribution < -0.4 is 15.0 Å². The second kappa shape index (κ2) is 11.4. The van der Waals surface area contributed by atoms with E-state index in [2.05, 4.69) is 0 Å². The minimum Gasteiger partial charge on any atom is -0.479 e. The first-order valence-corrected chi connectivity index (χ1v) is 11.7. The van der Waals surface area contributed by atoms with Crippen LogP contribution in [0.1, 0.15) is 30.9 Å². The summed E-state index contributed by atoms with van der Waals surface area (Å²) in [4.78, 5) is 23.1. The van der Waals surface area contributed by atoms with Crippen molar-refractivity contribution in [3.05, 3.63) is 87.0 Å². The van der Waals surface area contributed by atoms with Gasteiger partial charge in [0.1, 0.15) is 11.5 Å². The van der Waals surface area contributed by atoms with Crippen molar-refractivity contribution >= 4 is 17.6 Å². The third kappa shape index (κ3) is 6.11. The maximum atomic E-state index is 14.2. The fourth-order valence-corrected chi connectivity index (χ4v) is 4.09. The van der Waals surface area contributed by atoms with Crippen molar-refractivity contribution in [1.82, 2.24) is 4.57 Å². The number of aromatic nitrogens is 1. The first-order valence-electron chi connectivity index (χ1n) is 11.3. The topological polar surface area (TPSA) is 87.0 Å². The van der Waals surface area contributed by atoms with E-state index in [-0.39, 0.29) is 34.4 Å². The number of benzene rings is 2. The van der Waals surface area contributed by atoms with Gasteiger partial charge in [-0.05, 0) is 42.8 Å². The lowest BCUT2D eigenvalue weighted by molar-refractivity contribution is -0.274. The summed E-state index contributed by atoms with van der Waals surface area (Å²) in [7, 11) is 1.27. The Kier molecular flexibility index (Phi) is 8.73. The number of aryl methyl sites for hydroxylation is 1. The normalized spacial score (nSPS) is 13.9. The Balaban J connectivity index is 1.88. The Morgan fingerprint density at radius 3 is 2.37 bits per heavy atom. The van der Waals surface area contributed by atoms with Crippen molar-refractivity contribution in [3.8, 4) is 17.2 Å². The third-order valence-corrected chi connectivity index (χ3v) is 6.14. The largest absolute Gasteiger partial charge is 0.479 e. The number of hydrogen-bond acceptors (Lipinski definition) is 6. The quantitative estimate of drug-likeness (QED) is 0.277. The molecule has 0 aliphatic rings. The number of nitrogens with zero attached hydrogens (tertiary/aromatic N) is 1. The molecule has 204 valence electrons. The molecule has 0 amide bonds. The molecule has 0 radical (unpaired) electrons. The van der Waals surface area contributed by atoms with E-state index < -0.39 is 47.2 Å². The van der Waals surface area contributed by atoms with E-state index in [1.165, 1.54) is 37.4 Å². The molecule has 0 fully saturated rings. The van der Waals surface area contributed by atoms with Gasteiger partial charge in [-0.2, -0.15) is 13.2 Å². The number of alkyl halides is 3. The molecule has 3 aromatic rings. The molecule has 2 aromatic carbocycles. The zero-order chi connectivity index (χ0) is 28.3. The lowest BCUT2D eigenvalue weighted by Gasteiger charge is -2.37. The number of carbonyl (C=O) groups is 1. The summed E-state index contributed by atoms with van der Waals surface area (Å²) in [6.45, 7) is 2.38. The number of ether oxygens (including phenoxy) is 3. The van der Waals surface area contributed by atoms with Crippen LogP contribution in [-0.2, 0) is 22.2 Å². The maximum absolute atomic E-state index is 14.2. The molecule has 1 N–H and O–H groups in total. The van der Waals surface area contributed by atoms with Gasteiger partial charge >= 0.3 is 12.1 Å². The molecule has 0 spiro atoms. The van der Waals surface area contributed by atoms with Crippen LogP contribution in [0.15, 0.2) is 59.5 Å². The number of carbonyl (C=O) groups excluding carboxylic acids is 1.